The van der Waals surface area contributed by atoms with E-state index >= 15 is 0 Å². The highest BCUT2D eigenvalue weighted by Gasteiger charge is 2.08. The van der Waals surface area contributed by atoms with Crippen molar-refractivity contribution in [1.29, 1.82) is 0 Å². The lowest BCUT2D eigenvalue weighted by Crippen LogP contribution is -2.24. The summed E-state index contributed by atoms with van der Waals surface area (Å²) in [7, 11) is 0. The fourth-order valence-electron chi connectivity index (χ4n) is 1.43. The summed E-state index contributed by atoms with van der Waals surface area (Å²) in [6, 6.07) is 1.56. The standard InChI is InChI=1S/C12H15ClN2O3/c13-10-8-14-7-5-9(10)12(18)15-6-3-1-2-4-11(16)17/h5,7-8H,1-4,6H2,(H,15,18)(H,16,17). The summed E-state index contributed by atoms with van der Waals surface area (Å²) in [5.74, 6) is -1.02. The topological polar surface area (TPSA) is 79.3 Å². The summed E-state index contributed by atoms with van der Waals surface area (Å²) < 4.78 is 0. The molecule has 0 bridgehead atoms. The Balaban J connectivity index is 2.22. The van der Waals surface area contributed by atoms with Crippen molar-refractivity contribution < 1.29 is 14.7 Å². The van der Waals surface area contributed by atoms with E-state index in [-0.39, 0.29) is 12.3 Å². The average molecular weight is 271 g/mol. The smallest absolute Gasteiger partial charge is 0.303 e. The van der Waals surface area contributed by atoms with Crippen LogP contribution in [-0.4, -0.2) is 28.5 Å². The number of nitrogens with one attached hydrogen (secondary N) is 1. The Bertz CT molecular complexity index is 424. The molecule has 5 nitrogen and oxygen atoms in total. The predicted octanol–water partition coefficient (Wildman–Crippen LogP) is 2.11. The minimum Gasteiger partial charge on any atom is -0.481 e. The highest BCUT2D eigenvalue weighted by atomic mass is 35.5. The zero-order valence-electron chi connectivity index (χ0n) is 9.86. The number of hydrogen-bond acceptors (Lipinski definition) is 3. The highest BCUT2D eigenvalue weighted by molar-refractivity contribution is 6.33. The van der Waals surface area contributed by atoms with Gasteiger partial charge in [-0.25, -0.2) is 0 Å². The van der Waals surface area contributed by atoms with Gasteiger partial charge in [-0.3, -0.25) is 14.6 Å². The van der Waals surface area contributed by atoms with Gasteiger partial charge in [-0.2, -0.15) is 0 Å². The van der Waals surface area contributed by atoms with E-state index in [1.54, 1.807) is 6.07 Å². The number of pyridine rings is 1. The second-order valence-electron chi connectivity index (χ2n) is 3.82. The molecule has 0 saturated heterocycles. The summed E-state index contributed by atoms with van der Waals surface area (Å²) in [4.78, 5) is 25.8. The number of aliphatic carboxylic acids is 1. The van der Waals surface area contributed by atoms with Gasteiger partial charge in [0.25, 0.3) is 5.91 Å². The van der Waals surface area contributed by atoms with Crippen LogP contribution in [0.25, 0.3) is 0 Å². The first-order valence-electron chi connectivity index (χ1n) is 5.71. The van der Waals surface area contributed by atoms with Gasteiger partial charge in [-0.15, -0.1) is 0 Å². The number of carbonyl (C=O) groups is 2. The molecule has 0 aliphatic carbocycles. The van der Waals surface area contributed by atoms with Crippen LogP contribution in [0.2, 0.25) is 5.02 Å². The van der Waals surface area contributed by atoms with E-state index in [0.29, 0.717) is 23.6 Å². The summed E-state index contributed by atoms with van der Waals surface area (Å²) in [5, 5.41) is 11.5. The first-order valence-corrected chi connectivity index (χ1v) is 6.08. The molecule has 1 rings (SSSR count). The van der Waals surface area contributed by atoms with Crippen LogP contribution in [0, 0.1) is 0 Å². The van der Waals surface area contributed by atoms with Crippen molar-refractivity contribution in [3.63, 3.8) is 0 Å². The Morgan fingerprint density at radius 2 is 2.11 bits per heavy atom. The second-order valence-corrected chi connectivity index (χ2v) is 4.22. The number of carboxylic acid groups (broad SMARTS) is 1. The summed E-state index contributed by atoms with van der Waals surface area (Å²) >= 11 is 5.83. The van der Waals surface area contributed by atoms with Gasteiger partial charge in [0.2, 0.25) is 0 Å². The van der Waals surface area contributed by atoms with E-state index in [4.69, 9.17) is 16.7 Å². The van der Waals surface area contributed by atoms with E-state index in [0.717, 1.165) is 12.8 Å². The van der Waals surface area contributed by atoms with Gasteiger partial charge in [-0.1, -0.05) is 18.0 Å². The number of aromatic nitrogens is 1. The van der Waals surface area contributed by atoms with Crippen molar-refractivity contribution >= 4 is 23.5 Å². The van der Waals surface area contributed by atoms with Crippen molar-refractivity contribution in [1.82, 2.24) is 10.3 Å². The maximum Gasteiger partial charge on any atom is 0.303 e. The third-order valence-corrected chi connectivity index (χ3v) is 2.67. The molecule has 1 amide bonds. The molecule has 98 valence electrons. The number of rotatable bonds is 7. The van der Waals surface area contributed by atoms with Crippen LogP contribution in [0.1, 0.15) is 36.0 Å². The number of carbonyl (C=O) groups excluding carboxylic acids is 1. The van der Waals surface area contributed by atoms with E-state index in [2.05, 4.69) is 10.3 Å². The zero-order chi connectivity index (χ0) is 13.4. The molecule has 0 fully saturated rings. The van der Waals surface area contributed by atoms with Gasteiger partial charge in [-0.05, 0) is 18.9 Å². The van der Waals surface area contributed by atoms with Gasteiger partial charge in [0.05, 0.1) is 10.6 Å². The van der Waals surface area contributed by atoms with E-state index < -0.39 is 5.97 Å². The molecule has 1 heterocycles. The Kier molecular flexibility index (Phi) is 6.14. The van der Waals surface area contributed by atoms with E-state index in [1.165, 1.54) is 12.4 Å². The summed E-state index contributed by atoms with van der Waals surface area (Å²) in [6.45, 7) is 0.511. The van der Waals surface area contributed by atoms with Crippen molar-refractivity contribution in [2.24, 2.45) is 0 Å². The SMILES string of the molecule is O=C(O)CCCCCNC(=O)c1ccncc1Cl. The number of amides is 1. The molecule has 1 aromatic rings. The van der Waals surface area contributed by atoms with Gasteiger partial charge < -0.3 is 10.4 Å². The molecule has 1 aromatic heterocycles. The Labute approximate surface area is 110 Å². The number of carboxylic acids is 1. The number of nitrogens with zero attached hydrogens (tertiary/aromatic N) is 1. The maximum atomic E-state index is 11.7. The van der Waals surface area contributed by atoms with Crippen molar-refractivity contribution in [3.8, 4) is 0 Å². The third-order valence-electron chi connectivity index (χ3n) is 2.37. The third kappa shape index (κ3) is 5.14. The molecule has 0 aliphatic heterocycles. The lowest BCUT2D eigenvalue weighted by Gasteiger charge is -2.05. The van der Waals surface area contributed by atoms with E-state index in [9.17, 15) is 9.59 Å². The van der Waals surface area contributed by atoms with Gasteiger partial charge in [0.1, 0.15) is 0 Å². The van der Waals surface area contributed by atoms with Crippen molar-refractivity contribution in [2.45, 2.75) is 25.7 Å². The van der Waals surface area contributed by atoms with Crippen LogP contribution in [0.15, 0.2) is 18.5 Å². The van der Waals surface area contributed by atoms with Crippen molar-refractivity contribution in [2.75, 3.05) is 6.54 Å². The quantitative estimate of drug-likeness (QED) is 0.744. The minimum atomic E-state index is -0.789. The average Bonchev–Trinajstić information content (AvgIpc) is 2.33. The first-order chi connectivity index (χ1) is 8.61. The molecule has 0 aromatic carbocycles. The lowest BCUT2D eigenvalue weighted by molar-refractivity contribution is -0.137. The Hall–Kier alpha value is -1.62. The van der Waals surface area contributed by atoms with Crippen LogP contribution in [0.3, 0.4) is 0 Å². The molecule has 6 heteroatoms. The van der Waals surface area contributed by atoms with Crippen LogP contribution >= 0.6 is 11.6 Å². The number of halogens is 1. The van der Waals surface area contributed by atoms with Crippen LogP contribution in [0.5, 0.6) is 0 Å². The van der Waals surface area contributed by atoms with Crippen LogP contribution in [-0.2, 0) is 4.79 Å². The summed E-state index contributed by atoms with van der Waals surface area (Å²) in [5.41, 5.74) is 0.400. The Morgan fingerprint density at radius 3 is 2.78 bits per heavy atom. The van der Waals surface area contributed by atoms with Crippen LogP contribution < -0.4 is 5.32 Å². The van der Waals surface area contributed by atoms with E-state index in [1.807, 2.05) is 0 Å². The molecular weight excluding hydrogens is 256 g/mol. The maximum absolute atomic E-state index is 11.7. The molecule has 2 N–H and O–H groups in total. The normalized spacial score (nSPS) is 10.1. The van der Waals surface area contributed by atoms with Crippen molar-refractivity contribution in [3.05, 3.63) is 29.0 Å². The molecule has 0 saturated carbocycles. The summed E-state index contributed by atoms with van der Waals surface area (Å²) in [6.07, 6.45) is 5.25. The lowest BCUT2D eigenvalue weighted by atomic mass is 10.2. The first kappa shape index (κ1) is 14.4. The van der Waals surface area contributed by atoms with Gasteiger partial charge in [0.15, 0.2) is 0 Å². The molecule has 0 unspecified atom stereocenters. The molecular formula is C12H15ClN2O3. The molecule has 0 spiro atoms. The van der Waals surface area contributed by atoms with Gasteiger partial charge >= 0.3 is 5.97 Å². The number of hydrogen-bond donors (Lipinski definition) is 2. The fourth-order valence-corrected chi connectivity index (χ4v) is 1.64. The molecule has 0 aliphatic rings. The fraction of sp³-hybridized carbons (Fsp3) is 0.417. The predicted molar refractivity (Wildman–Crippen MR) is 67.7 cm³/mol. The monoisotopic (exact) mass is 270 g/mol. The molecule has 0 radical (unpaired) electrons. The Morgan fingerprint density at radius 1 is 1.33 bits per heavy atom. The highest BCUT2D eigenvalue weighted by Crippen LogP contribution is 2.12. The second kappa shape index (κ2) is 7.66. The van der Waals surface area contributed by atoms with Crippen LogP contribution in [0.4, 0.5) is 0 Å². The van der Waals surface area contributed by atoms with Gasteiger partial charge in [0, 0.05) is 25.4 Å². The molecule has 0 atom stereocenters. The zero-order valence-corrected chi connectivity index (χ0v) is 10.6. The molecule has 18 heavy (non-hydrogen) atoms. The largest absolute Gasteiger partial charge is 0.481 e. The minimum absolute atomic E-state index is 0.171. The number of unbranched alkanes of at least 4 members (excludes halogenated alkanes) is 2.